The number of halogens is 1. The Morgan fingerprint density at radius 2 is 1.96 bits per heavy atom. The first-order valence-electron chi connectivity index (χ1n) is 7.80. The molecule has 4 nitrogen and oxygen atoms in total. The first kappa shape index (κ1) is 17.3. The zero-order valence-corrected chi connectivity index (χ0v) is 14.3. The van der Waals surface area contributed by atoms with Crippen LogP contribution in [-0.2, 0) is 6.54 Å². The van der Waals surface area contributed by atoms with E-state index in [0.29, 0.717) is 12.2 Å². The van der Waals surface area contributed by atoms with Crippen LogP contribution >= 0.6 is 11.6 Å². The highest BCUT2D eigenvalue weighted by Gasteiger charge is 2.12. The monoisotopic (exact) mass is 331 g/mol. The van der Waals surface area contributed by atoms with Crippen LogP contribution in [0, 0.1) is 0 Å². The first-order chi connectivity index (χ1) is 11.1. The molecule has 0 saturated carbocycles. The smallest absolute Gasteiger partial charge is 0.272 e. The van der Waals surface area contributed by atoms with Crippen LogP contribution in [0.4, 0.5) is 5.69 Å². The topological polar surface area (TPSA) is 45.2 Å². The van der Waals surface area contributed by atoms with Gasteiger partial charge >= 0.3 is 0 Å². The van der Waals surface area contributed by atoms with Gasteiger partial charge < -0.3 is 10.2 Å². The molecule has 0 aliphatic rings. The standard InChI is InChI=1S/C18H22ClN3O/c1-3-4-11-22(2)18(23)17-10-9-16(13-21-17)20-12-14-5-7-15(19)8-6-14/h5-10,13,20H,3-4,11-12H2,1-2H3. The van der Waals surface area contributed by atoms with Crippen molar-refractivity contribution in [1.29, 1.82) is 0 Å². The van der Waals surface area contributed by atoms with Crippen LogP contribution in [-0.4, -0.2) is 29.4 Å². The fourth-order valence-electron chi connectivity index (χ4n) is 2.12. The summed E-state index contributed by atoms with van der Waals surface area (Å²) in [5.74, 6) is -0.0392. The van der Waals surface area contributed by atoms with Crippen LogP contribution in [0.25, 0.3) is 0 Å². The number of pyridine rings is 1. The van der Waals surface area contributed by atoms with E-state index in [-0.39, 0.29) is 5.91 Å². The minimum Gasteiger partial charge on any atom is -0.380 e. The van der Waals surface area contributed by atoms with E-state index in [2.05, 4.69) is 17.2 Å². The Kier molecular flexibility index (Phi) is 6.41. The molecule has 0 saturated heterocycles. The summed E-state index contributed by atoms with van der Waals surface area (Å²) in [5.41, 5.74) is 2.49. The van der Waals surface area contributed by atoms with Gasteiger partial charge in [-0.05, 0) is 36.2 Å². The molecule has 0 fully saturated rings. The van der Waals surface area contributed by atoms with Crippen LogP contribution in [0.3, 0.4) is 0 Å². The minimum atomic E-state index is -0.0392. The van der Waals surface area contributed by atoms with Gasteiger partial charge in [0.25, 0.3) is 5.91 Å². The van der Waals surface area contributed by atoms with Gasteiger partial charge in [-0.3, -0.25) is 4.79 Å². The Hall–Kier alpha value is -2.07. The molecule has 0 aliphatic heterocycles. The van der Waals surface area contributed by atoms with Crippen molar-refractivity contribution in [2.45, 2.75) is 26.3 Å². The van der Waals surface area contributed by atoms with Crippen molar-refractivity contribution in [1.82, 2.24) is 9.88 Å². The van der Waals surface area contributed by atoms with Crippen LogP contribution in [0.5, 0.6) is 0 Å². The molecule has 5 heteroatoms. The molecule has 0 aliphatic carbocycles. The largest absolute Gasteiger partial charge is 0.380 e. The lowest BCUT2D eigenvalue weighted by atomic mass is 10.2. The second kappa shape index (κ2) is 8.53. The van der Waals surface area contributed by atoms with Gasteiger partial charge in [-0.25, -0.2) is 4.98 Å². The number of carbonyl (C=O) groups is 1. The molecule has 1 N–H and O–H groups in total. The molecular formula is C18H22ClN3O. The van der Waals surface area contributed by atoms with Gasteiger partial charge in [0, 0.05) is 25.2 Å². The van der Waals surface area contributed by atoms with Gasteiger partial charge in [0.05, 0.1) is 11.9 Å². The number of hydrogen-bond acceptors (Lipinski definition) is 3. The number of anilines is 1. The summed E-state index contributed by atoms with van der Waals surface area (Å²) in [6, 6.07) is 11.3. The second-order valence-electron chi connectivity index (χ2n) is 5.49. The summed E-state index contributed by atoms with van der Waals surface area (Å²) in [5, 5.41) is 4.01. The predicted molar refractivity (Wildman–Crippen MR) is 94.9 cm³/mol. The summed E-state index contributed by atoms with van der Waals surface area (Å²) >= 11 is 5.87. The number of nitrogens with zero attached hydrogens (tertiary/aromatic N) is 2. The molecule has 1 aromatic carbocycles. The number of carbonyl (C=O) groups excluding carboxylic acids is 1. The van der Waals surface area contributed by atoms with E-state index in [0.717, 1.165) is 35.7 Å². The molecular weight excluding hydrogens is 310 g/mol. The van der Waals surface area contributed by atoms with Crippen molar-refractivity contribution in [2.75, 3.05) is 18.9 Å². The molecule has 0 bridgehead atoms. The Morgan fingerprint density at radius 3 is 2.57 bits per heavy atom. The van der Waals surface area contributed by atoms with Gasteiger partial charge in [-0.1, -0.05) is 37.1 Å². The normalized spacial score (nSPS) is 10.4. The van der Waals surface area contributed by atoms with Gasteiger partial charge in [0.2, 0.25) is 0 Å². The highest BCUT2D eigenvalue weighted by molar-refractivity contribution is 6.30. The summed E-state index contributed by atoms with van der Waals surface area (Å²) in [6.07, 6.45) is 3.76. The number of amides is 1. The summed E-state index contributed by atoms with van der Waals surface area (Å²) in [6.45, 7) is 3.55. The highest BCUT2D eigenvalue weighted by atomic mass is 35.5. The third-order valence-electron chi connectivity index (χ3n) is 3.59. The third kappa shape index (κ3) is 5.25. The summed E-state index contributed by atoms with van der Waals surface area (Å²) in [7, 11) is 1.81. The van der Waals surface area contributed by atoms with Crippen LogP contribution in [0.15, 0.2) is 42.6 Å². The Balaban J connectivity index is 1.91. The number of unbranched alkanes of at least 4 members (excludes halogenated alkanes) is 1. The molecule has 2 rings (SSSR count). The number of nitrogens with one attached hydrogen (secondary N) is 1. The minimum absolute atomic E-state index is 0.0392. The van der Waals surface area contributed by atoms with E-state index in [1.54, 1.807) is 17.2 Å². The number of aromatic nitrogens is 1. The Morgan fingerprint density at radius 1 is 1.22 bits per heavy atom. The van der Waals surface area contributed by atoms with Crippen molar-refractivity contribution in [3.8, 4) is 0 Å². The van der Waals surface area contributed by atoms with Gasteiger partial charge in [-0.15, -0.1) is 0 Å². The third-order valence-corrected chi connectivity index (χ3v) is 3.84. The lowest BCUT2D eigenvalue weighted by molar-refractivity contribution is 0.0787. The molecule has 122 valence electrons. The van der Waals surface area contributed by atoms with E-state index in [9.17, 15) is 4.79 Å². The number of rotatable bonds is 7. The SMILES string of the molecule is CCCCN(C)C(=O)c1ccc(NCc2ccc(Cl)cc2)cn1. The zero-order valence-electron chi connectivity index (χ0n) is 13.6. The molecule has 1 aromatic heterocycles. The maximum Gasteiger partial charge on any atom is 0.272 e. The van der Waals surface area contributed by atoms with Crippen molar-refractivity contribution in [3.05, 3.63) is 58.9 Å². The van der Waals surface area contributed by atoms with E-state index in [4.69, 9.17) is 11.6 Å². The molecule has 1 amide bonds. The van der Waals surface area contributed by atoms with Crippen molar-refractivity contribution < 1.29 is 4.79 Å². The summed E-state index contributed by atoms with van der Waals surface area (Å²) < 4.78 is 0. The molecule has 23 heavy (non-hydrogen) atoms. The second-order valence-corrected chi connectivity index (χ2v) is 5.93. The maximum absolute atomic E-state index is 12.2. The van der Waals surface area contributed by atoms with Crippen LogP contribution in [0.2, 0.25) is 5.02 Å². The lowest BCUT2D eigenvalue weighted by Crippen LogP contribution is -2.28. The van der Waals surface area contributed by atoms with E-state index in [1.807, 2.05) is 37.4 Å². The zero-order chi connectivity index (χ0) is 16.7. The highest BCUT2D eigenvalue weighted by Crippen LogP contribution is 2.13. The van der Waals surface area contributed by atoms with Crippen LogP contribution in [0.1, 0.15) is 35.8 Å². The number of hydrogen-bond donors (Lipinski definition) is 1. The maximum atomic E-state index is 12.2. The molecule has 0 unspecified atom stereocenters. The lowest BCUT2D eigenvalue weighted by Gasteiger charge is -2.16. The molecule has 0 atom stereocenters. The van der Waals surface area contributed by atoms with Gasteiger partial charge in [0.1, 0.15) is 5.69 Å². The van der Waals surface area contributed by atoms with Gasteiger partial charge in [-0.2, -0.15) is 0 Å². The average Bonchev–Trinajstić information content (AvgIpc) is 2.59. The van der Waals surface area contributed by atoms with Crippen molar-refractivity contribution >= 4 is 23.2 Å². The van der Waals surface area contributed by atoms with E-state index < -0.39 is 0 Å². The molecule has 1 heterocycles. The Bertz CT molecular complexity index is 626. The summed E-state index contributed by atoms with van der Waals surface area (Å²) in [4.78, 5) is 18.2. The van der Waals surface area contributed by atoms with E-state index >= 15 is 0 Å². The average molecular weight is 332 g/mol. The molecule has 0 radical (unpaired) electrons. The fraction of sp³-hybridized carbons (Fsp3) is 0.333. The van der Waals surface area contributed by atoms with Crippen molar-refractivity contribution in [3.63, 3.8) is 0 Å². The van der Waals surface area contributed by atoms with E-state index in [1.165, 1.54) is 0 Å². The number of benzene rings is 1. The molecule has 2 aromatic rings. The fourth-order valence-corrected chi connectivity index (χ4v) is 2.25. The predicted octanol–water partition coefficient (Wildman–Crippen LogP) is 4.22. The molecule has 0 spiro atoms. The quantitative estimate of drug-likeness (QED) is 0.826. The first-order valence-corrected chi connectivity index (χ1v) is 8.17. The van der Waals surface area contributed by atoms with Crippen molar-refractivity contribution in [2.24, 2.45) is 0 Å². The van der Waals surface area contributed by atoms with Crippen LogP contribution < -0.4 is 5.32 Å². The van der Waals surface area contributed by atoms with Gasteiger partial charge in [0.15, 0.2) is 0 Å². The Labute approximate surface area is 142 Å².